The zero-order valence-corrected chi connectivity index (χ0v) is 12.4. The molecule has 1 heterocycles. The van der Waals surface area contributed by atoms with Gasteiger partial charge in [-0.15, -0.1) is 0 Å². The molecule has 2 aromatic rings. The maximum Gasteiger partial charge on any atom is 0.290 e. The van der Waals surface area contributed by atoms with Gasteiger partial charge in [0.1, 0.15) is 5.75 Å². The third-order valence-corrected chi connectivity index (χ3v) is 3.52. The van der Waals surface area contributed by atoms with Gasteiger partial charge in [-0.1, -0.05) is 12.1 Å². The maximum absolute atomic E-state index is 12.4. The average Bonchev–Trinajstić information content (AvgIpc) is 2.94. The number of ether oxygens (including phenoxy) is 1. The second-order valence-corrected chi connectivity index (χ2v) is 4.82. The normalized spacial score (nSPS) is 12.0. The summed E-state index contributed by atoms with van der Waals surface area (Å²) < 4.78 is 10.3. The minimum Gasteiger partial charge on any atom is -0.497 e. The van der Waals surface area contributed by atoms with Crippen molar-refractivity contribution in [3.8, 4) is 5.75 Å². The molecule has 1 aromatic heterocycles. The molecule has 5 nitrogen and oxygen atoms in total. The zero-order chi connectivity index (χ0) is 15.4. The highest BCUT2D eigenvalue weighted by Gasteiger charge is 2.25. The van der Waals surface area contributed by atoms with Crippen molar-refractivity contribution < 1.29 is 19.1 Å². The Morgan fingerprint density at radius 2 is 2.00 bits per heavy atom. The third kappa shape index (κ3) is 3.08. The average molecular weight is 289 g/mol. The van der Waals surface area contributed by atoms with Crippen LogP contribution in [0.15, 0.2) is 41.0 Å². The second kappa shape index (κ2) is 6.45. The largest absolute Gasteiger partial charge is 0.497 e. The molecule has 0 fully saturated rings. The number of rotatable bonds is 5. The molecule has 112 valence electrons. The smallest absolute Gasteiger partial charge is 0.290 e. The van der Waals surface area contributed by atoms with Gasteiger partial charge in [-0.05, 0) is 30.7 Å². The minimum atomic E-state index is -0.437. The summed E-state index contributed by atoms with van der Waals surface area (Å²) in [5, 5.41) is 9.64. The van der Waals surface area contributed by atoms with E-state index < -0.39 is 6.04 Å². The van der Waals surface area contributed by atoms with Crippen molar-refractivity contribution in [2.24, 2.45) is 0 Å². The number of nitrogens with zero attached hydrogens (tertiary/aromatic N) is 1. The Kier molecular flexibility index (Phi) is 4.65. The van der Waals surface area contributed by atoms with E-state index in [2.05, 4.69) is 0 Å². The fraction of sp³-hybridized carbons (Fsp3) is 0.312. The van der Waals surface area contributed by atoms with Crippen LogP contribution in [0, 0.1) is 6.92 Å². The van der Waals surface area contributed by atoms with E-state index in [0.717, 1.165) is 16.9 Å². The Balaban J connectivity index is 2.23. The molecular weight excluding hydrogens is 270 g/mol. The lowest BCUT2D eigenvalue weighted by atomic mass is 10.1. The molecule has 2 rings (SSSR count). The summed E-state index contributed by atoms with van der Waals surface area (Å²) in [5.41, 5.74) is 1.61. The number of methoxy groups -OCH3 is 1. The number of likely N-dealkylation sites (N-methyl/N-ethyl adjacent to an activating group) is 1. The summed E-state index contributed by atoms with van der Waals surface area (Å²) in [6.45, 7) is 1.64. The number of carbonyl (C=O) groups excluding carboxylic acids is 1. The molecule has 1 aromatic carbocycles. The van der Waals surface area contributed by atoms with Gasteiger partial charge in [0, 0.05) is 12.6 Å². The van der Waals surface area contributed by atoms with Crippen LogP contribution in [0.3, 0.4) is 0 Å². The molecule has 0 unspecified atom stereocenters. The van der Waals surface area contributed by atoms with E-state index in [-0.39, 0.29) is 12.5 Å². The number of carbonyl (C=O) groups is 1. The van der Waals surface area contributed by atoms with Crippen LogP contribution in [-0.4, -0.2) is 36.7 Å². The fourth-order valence-electron chi connectivity index (χ4n) is 2.17. The first kappa shape index (κ1) is 15.1. The monoisotopic (exact) mass is 289 g/mol. The molecule has 0 aliphatic rings. The van der Waals surface area contributed by atoms with Crippen LogP contribution < -0.4 is 4.74 Å². The van der Waals surface area contributed by atoms with Crippen molar-refractivity contribution in [3.05, 3.63) is 53.5 Å². The summed E-state index contributed by atoms with van der Waals surface area (Å²) in [6, 6.07) is 8.57. The molecular formula is C16H19NO4. The molecule has 0 radical (unpaired) electrons. The second-order valence-electron chi connectivity index (χ2n) is 4.82. The van der Waals surface area contributed by atoms with Crippen LogP contribution in [0.5, 0.6) is 5.75 Å². The number of amides is 1. The van der Waals surface area contributed by atoms with E-state index in [0.29, 0.717) is 5.76 Å². The number of aliphatic hydroxyl groups is 1. The van der Waals surface area contributed by atoms with Crippen molar-refractivity contribution >= 4 is 5.91 Å². The fourth-order valence-corrected chi connectivity index (χ4v) is 2.17. The van der Waals surface area contributed by atoms with E-state index in [1.54, 1.807) is 32.4 Å². The number of aliphatic hydroxyl groups excluding tert-OH is 1. The summed E-state index contributed by atoms with van der Waals surface area (Å²) in [5.74, 6) is 0.767. The van der Waals surface area contributed by atoms with Gasteiger partial charge in [-0.2, -0.15) is 0 Å². The van der Waals surface area contributed by atoms with E-state index in [1.165, 1.54) is 11.2 Å². The van der Waals surface area contributed by atoms with Gasteiger partial charge in [0.05, 0.1) is 26.0 Å². The first-order valence-corrected chi connectivity index (χ1v) is 6.64. The predicted molar refractivity (Wildman–Crippen MR) is 78.4 cm³/mol. The molecule has 0 aliphatic heterocycles. The topological polar surface area (TPSA) is 62.9 Å². The number of benzene rings is 1. The highest BCUT2D eigenvalue weighted by molar-refractivity contribution is 5.93. The molecule has 21 heavy (non-hydrogen) atoms. The number of hydrogen-bond acceptors (Lipinski definition) is 4. The van der Waals surface area contributed by atoms with Gasteiger partial charge < -0.3 is 19.2 Å². The van der Waals surface area contributed by atoms with E-state index in [4.69, 9.17) is 9.15 Å². The minimum absolute atomic E-state index is 0.172. The van der Waals surface area contributed by atoms with Gasteiger partial charge in [0.15, 0.2) is 5.76 Å². The molecule has 5 heteroatoms. The predicted octanol–water partition coefficient (Wildman–Crippen LogP) is 2.40. The van der Waals surface area contributed by atoms with E-state index in [1.807, 2.05) is 19.1 Å². The Morgan fingerprint density at radius 3 is 2.48 bits per heavy atom. The molecule has 0 bridgehead atoms. The van der Waals surface area contributed by atoms with E-state index >= 15 is 0 Å². The quantitative estimate of drug-likeness (QED) is 0.918. The Bertz CT molecular complexity index is 603. The number of aryl methyl sites for hydroxylation is 1. The van der Waals surface area contributed by atoms with Gasteiger partial charge in [-0.3, -0.25) is 4.79 Å². The highest BCUT2D eigenvalue weighted by atomic mass is 16.5. The van der Waals surface area contributed by atoms with Crippen LogP contribution in [0.4, 0.5) is 0 Å². The molecule has 1 atom stereocenters. The SMILES string of the molecule is COc1ccc([C@H](CO)N(C)C(=O)c2occc2C)cc1. The summed E-state index contributed by atoms with van der Waals surface area (Å²) >= 11 is 0. The van der Waals surface area contributed by atoms with Crippen molar-refractivity contribution in [3.63, 3.8) is 0 Å². The summed E-state index contributed by atoms with van der Waals surface area (Å²) in [6.07, 6.45) is 1.48. The summed E-state index contributed by atoms with van der Waals surface area (Å²) in [7, 11) is 3.24. The number of hydrogen-bond donors (Lipinski definition) is 1. The summed E-state index contributed by atoms with van der Waals surface area (Å²) in [4.78, 5) is 13.9. The first-order chi connectivity index (χ1) is 10.1. The molecule has 0 spiro atoms. The van der Waals surface area contributed by atoms with Crippen LogP contribution in [0.25, 0.3) is 0 Å². The third-order valence-electron chi connectivity index (χ3n) is 3.52. The van der Waals surface area contributed by atoms with Crippen molar-refractivity contribution in [1.82, 2.24) is 4.90 Å². The standard InChI is InChI=1S/C16H19NO4/c1-11-8-9-21-15(11)16(19)17(2)14(10-18)12-4-6-13(20-3)7-5-12/h4-9,14,18H,10H2,1-3H3/t14-/m0/s1. The molecule has 0 saturated carbocycles. The van der Waals surface area contributed by atoms with Crippen molar-refractivity contribution in [2.45, 2.75) is 13.0 Å². The Morgan fingerprint density at radius 1 is 1.33 bits per heavy atom. The highest BCUT2D eigenvalue weighted by Crippen LogP contribution is 2.24. The van der Waals surface area contributed by atoms with Gasteiger partial charge in [0.2, 0.25) is 0 Å². The van der Waals surface area contributed by atoms with Crippen LogP contribution in [0.1, 0.15) is 27.7 Å². The van der Waals surface area contributed by atoms with Gasteiger partial charge in [0.25, 0.3) is 5.91 Å². The number of furan rings is 1. The Hall–Kier alpha value is -2.27. The first-order valence-electron chi connectivity index (χ1n) is 6.64. The Labute approximate surface area is 123 Å². The van der Waals surface area contributed by atoms with Gasteiger partial charge in [-0.25, -0.2) is 0 Å². The van der Waals surface area contributed by atoms with E-state index in [9.17, 15) is 9.90 Å². The lowest BCUT2D eigenvalue weighted by Crippen LogP contribution is -2.33. The molecule has 1 N–H and O–H groups in total. The van der Waals surface area contributed by atoms with Crippen LogP contribution in [-0.2, 0) is 0 Å². The lowest BCUT2D eigenvalue weighted by molar-refractivity contribution is 0.0626. The maximum atomic E-state index is 12.4. The zero-order valence-electron chi connectivity index (χ0n) is 12.4. The van der Waals surface area contributed by atoms with Crippen molar-refractivity contribution in [1.29, 1.82) is 0 Å². The lowest BCUT2D eigenvalue weighted by Gasteiger charge is -2.26. The molecule has 0 saturated heterocycles. The van der Waals surface area contributed by atoms with Crippen LogP contribution in [0.2, 0.25) is 0 Å². The molecule has 1 amide bonds. The molecule has 0 aliphatic carbocycles. The van der Waals surface area contributed by atoms with Crippen molar-refractivity contribution in [2.75, 3.05) is 20.8 Å². The van der Waals surface area contributed by atoms with Crippen LogP contribution >= 0.6 is 0 Å². The van der Waals surface area contributed by atoms with Gasteiger partial charge >= 0.3 is 0 Å².